The standard InChI is InChI=1S/C52H38N2/c1-5-21-37(22-6-1)53(38-23-7-2-8-24-38)51-45-33-17-13-29-41(45)49(42-30-14-18-34-46(42)51)50-43-31-15-19-35-47(43)52(48-36-20-16-32-44(48)50)54(39-25-9-3-10-26-39)40-27-11-4-12-28-40/h1-36,41,49H. The highest BCUT2D eigenvalue weighted by Gasteiger charge is 2.39. The van der Waals surface area contributed by atoms with Crippen molar-refractivity contribution in [2.45, 2.75) is 5.92 Å². The molecule has 0 N–H and O–H groups in total. The van der Waals surface area contributed by atoms with E-state index in [1.165, 1.54) is 55.2 Å². The van der Waals surface area contributed by atoms with Gasteiger partial charge in [-0.15, -0.1) is 0 Å². The summed E-state index contributed by atoms with van der Waals surface area (Å²) in [6.45, 7) is 0. The largest absolute Gasteiger partial charge is 0.310 e. The summed E-state index contributed by atoms with van der Waals surface area (Å²) < 4.78 is 0. The zero-order valence-corrected chi connectivity index (χ0v) is 29.8. The predicted octanol–water partition coefficient (Wildman–Crippen LogP) is 13.9. The fourth-order valence-corrected chi connectivity index (χ4v) is 8.84. The lowest BCUT2D eigenvalue weighted by atomic mass is 9.67. The Morgan fingerprint density at radius 3 is 1.31 bits per heavy atom. The van der Waals surface area contributed by atoms with Crippen molar-refractivity contribution in [1.29, 1.82) is 0 Å². The van der Waals surface area contributed by atoms with Crippen molar-refractivity contribution < 1.29 is 0 Å². The number of benzene rings is 8. The zero-order valence-electron chi connectivity index (χ0n) is 29.8. The maximum Gasteiger partial charge on any atom is 0.0618 e. The fourth-order valence-electron chi connectivity index (χ4n) is 8.84. The van der Waals surface area contributed by atoms with E-state index in [9.17, 15) is 0 Å². The van der Waals surface area contributed by atoms with Gasteiger partial charge in [0.1, 0.15) is 0 Å². The van der Waals surface area contributed by atoms with Crippen LogP contribution >= 0.6 is 0 Å². The van der Waals surface area contributed by atoms with Gasteiger partial charge < -0.3 is 9.80 Å². The van der Waals surface area contributed by atoms with Gasteiger partial charge in [-0.2, -0.15) is 0 Å². The first kappa shape index (κ1) is 31.8. The highest BCUT2D eigenvalue weighted by Crippen LogP contribution is 2.55. The van der Waals surface area contributed by atoms with Gasteiger partial charge in [-0.05, 0) is 76.0 Å². The van der Waals surface area contributed by atoms with E-state index in [0.29, 0.717) is 0 Å². The summed E-state index contributed by atoms with van der Waals surface area (Å²) in [6, 6.07) is 70.4. The predicted molar refractivity (Wildman–Crippen MR) is 228 cm³/mol. The van der Waals surface area contributed by atoms with Crippen LogP contribution in [0.5, 0.6) is 0 Å². The average Bonchev–Trinajstić information content (AvgIpc) is 3.25. The normalized spacial score (nSPS) is 15.9. The van der Waals surface area contributed by atoms with Crippen LogP contribution in [0, 0.1) is 5.92 Å². The molecule has 0 aromatic heterocycles. The Balaban J connectivity index is 1.28. The molecule has 0 radical (unpaired) electrons. The molecular formula is C52H38N2. The van der Waals surface area contributed by atoms with Crippen molar-refractivity contribution >= 4 is 55.7 Å². The molecule has 2 nitrogen and oxygen atoms in total. The molecule has 0 saturated heterocycles. The Morgan fingerprint density at radius 1 is 0.370 bits per heavy atom. The molecular weight excluding hydrogens is 653 g/mol. The Bertz CT molecular complexity index is 2580. The minimum atomic E-state index is 0.0697. The van der Waals surface area contributed by atoms with Gasteiger partial charge in [0.05, 0.1) is 11.4 Å². The smallest absolute Gasteiger partial charge is 0.0618 e. The van der Waals surface area contributed by atoms with Crippen LogP contribution in [0.1, 0.15) is 22.6 Å². The monoisotopic (exact) mass is 690 g/mol. The third kappa shape index (κ3) is 5.26. The van der Waals surface area contributed by atoms with Crippen molar-refractivity contribution in [1.82, 2.24) is 0 Å². The van der Waals surface area contributed by atoms with Crippen molar-refractivity contribution in [3.05, 3.63) is 241 Å². The summed E-state index contributed by atoms with van der Waals surface area (Å²) in [5.74, 6) is 0.173. The van der Waals surface area contributed by atoms with E-state index in [-0.39, 0.29) is 11.8 Å². The molecule has 0 heterocycles. The number of nitrogens with zero attached hydrogens (tertiary/aromatic N) is 2. The van der Waals surface area contributed by atoms with E-state index >= 15 is 0 Å². The quantitative estimate of drug-likeness (QED) is 0.154. The van der Waals surface area contributed by atoms with Crippen molar-refractivity contribution in [2.24, 2.45) is 5.92 Å². The second-order valence-corrected chi connectivity index (χ2v) is 14.0. The maximum absolute atomic E-state index is 2.46. The summed E-state index contributed by atoms with van der Waals surface area (Å²) in [5.41, 5.74) is 12.3. The summed E-state index contributed by atoms with van der Waals surface area (Å²) in [6.07, 6.45) is 9.24. The molecule has 2 aliphatic rings. The van der Waals surface area contributed by atoms with Gasteiger partial charge in [-0.3, -0.25) is 0 Å². The first-order valence-corrected chi connectivity index (χ1v) is 18.8. The molecule has 8 aromatic rings. The van der Waals surface area contributed by atoms with Crippen LogP contribution in [-0.2, 0) is 0 Å². The van der Waals surface area contributed by atoms with E-state index in [1.807, 2.05) is 0 Å². The number of allylic oxidation sites excluding steroid dienone is 5. The number of para-hydroxylation sites is 4. The number of fused-ring (bicyclic) bond motifs is 4. The SMILES string of the molecule is C1=CC2=C(N(c3ccccc3)c3ccccc3)c3ccccc3C(c3c4ccccc4c(N(c4ccccc4)c4ccccc4)c4ccccc34)C2C=C1. The van der Waals surface area contributed by atoms with Crippen LogP contribution in [0.2, 0.25) is 0 Å². The van der Waals surface area contributed by atoms with Crippen LogP contribution < -0.4 is 9.80 Å². The van der Waals surface area contributed by atoms with Crippen molar-refractivity contribution in [3.8, 4) is 0 Å². The number of hydrogen-bond acceptors (Lipinski definition) is 2. The highest BCUT2D eigenvalue weighted by molar-refractivity contribution is 6.17. The summed E-state index contributed by atoms with van der Waals surface area (Å²) in [5, 5.41) is 5.02. The summed E-state index contributed by atoms with van der Waals surface area (Å²) in [7, 11) is 0. The minimum Gasteiger partial charge on any atom is -0.310 e. The molecule has 8 aromatic carbocycles. The molecule has 2 atom stereocenters. The van der Waals surface area contributed by atoms with E-state index in [2.05, 4.69) is 228 Å². The number of anilines is 5. The Kier molecular flexibility index (Phi) is 8.00. The highest BCUT2D eigenvalue weighted by atomic mass is 15.2. The lowest BCUT2D eigenvalue weighted by molar-refractivity contribution is 0.654. The molecule has 256 valence electrons. The zero-order chi connectivity index (χ0) is 35.8. The van der Waals surface area contributed by atoms with Crippen LogP contribution in [0.4, 0.5) is 28.4 Å². The molecule has 2 unspecified atom stereocenters. The first-order chi connectivity index (χ1) is 26.9. The molecule has 2 heteroatoms. The molecule has 0 saturated carbocycles. The molecule has 54 heavy (non-hydrogen) atoms. The molecule has 2 aliphatic carbocycles. The first-order valence-electron chi connectivity index (χ1n) is 18.8. The summed E-state index contributed by atoms with van der Waals surface area (Å²) in [4.78, 5) is 4.89. The molecule has 0 spiro atoms. The Hall–Kier alpha value is -6.90. The molecule has 0 aliphatic heterocycles. The maximum atomic E-state index is 2.46. The van der Waals surface area contributed by atoms with Crippen LogP contribution in [0.15, 0.2) is 224 Å². The topological polar surface area (TPSA) is 6.48 Å². The van der Waals surface area contributed by atoms with Gasteiger partial charge in [0, 0.05) is 50.9 Å². The lowest BCUT2D eigenvalue weighted by Crippen LogP contribution is -2.28. The molecule has 0 fully saturated rings. The second-order valence-electron chi connectivity index (χ2n) is 14.0. The molecule has 0 bridgehead atoms. The van der Waals surface area contributed by atoms with E-state index < -0.39 is 0 Å². The van der Waals surface area contributed by atoms with Crippen LogP contribution in [0.25, 0.3) is 27.2 Å². The van der Waals surface area contributed by atoms with Gasteiger partial charge in [-0.25, -0.2) is 0 Å². The Morgan fingerprint density at radius 2 is 0.796 bits per heavy atom. The second kappa shape index (κ2) is 13.6. The molecule has 0 amide bonds. The van der Waals surface area contributed by atoms with Crippen molar-refractivity contribution in [2.75, 3.05) is 9.80 Å². The lowest BCUT2D eigenvalue weighted by Gasteiger charge is -2.41. The van der Waals surface area contributed by atoms with Gasteiger partial charge in [0.15, 0.2) is 0 Å². The third-order valence-electron chi connectivity index (χ3n) is 11.0. The van der Waals surface area contributed by atoms with E-state index in [1.54, 1.807) is 0 Å². The van der Waals surface area contributed by atoms with Gasteiger partial charge in [-0.1, -0.05) is 170 Å². The van der Waals surface area contributed by atoms with Gasteiger partial charge >= 0.3 is 0 Å². The van der Waals surface area contributed by atoms with E-state index in [4.69, 9.17) is 0 Å². The number of rotatable bonds is 7. The van der Waals surface area contributed by atoms with Gasteiger partial charge in [0.25, 0.3) is 0 Å². The number of hydrogen-bond donors (Lipinski definition) is 0. The van der Waals surface area contributed by atoms with Crippen LogP contribution in [0.3, 0.4) is 0 Å². The minimum absolute atomic E-state index is 0.0697. The third-order valence-corrected chi connectivity index (χ3v) is 11.0. The van der Waals surface area contributed by atoms with Crippen LogP contribution in [-0.4, -0.2) is 0 Å². The van der Waals surface area contributed by atoms with E-state index in [0.717, 1.165) is 22.7 Å². The Labute approximate surface area is 316 Å². The van der Waals surface area contributed by atoms with Crippen molar-refractivity contribution in [3.63, 3.8) is 0 Å². The van der Waals surface area contributed by atoms with Gasteiger partial charge in [0.2, 0.25) is 0 Å². The molecule has 10 rings (SSSR count). The summed E-state index contributed by atoms with van der Waals surface area (Å²) >= 11 is 0. The fraction of sp³-hybridized carbons (Fsp3) is 0.0385. The average molecular weight is 691 g/mol.